The van der Waals surface area contributed by atoms with Crippen molar-refractivity contribution >= 4 is 0 Å². The zero-order valence-electron chi connectivity index (χ0n) is 13.4. The monoisotopic (exact) mass is 290 g/mol. The highest BCUT2D eigenvalue weighted by Gasteiger charge is 2.19. The summed E-state index contributed by atoms with van der Waals surface area (Å²) in [5, 5.41) is 3.73. The summed E-state index contributed by atoms with van der Waals surface area (Å²) in [5.41, 5.74) is 1.43. The number of unbranched alkanes of at least 4 members (excludes halogenated alkanes) is 2. The third-order valence-electron chi connectivity index (χ3n) is 4.21. The molecule has 0 bridgehead atoms. The number of piperidine rings is 1. The standard InChI is InChI=1S/C18H30N2O/c1-21-14-7-3-6-12-19-18-11-8-13-20(16-18)15-17-9-4-2-5-10-17/h2,4-5,9-10,18-19H,3,6-8,11-16H2,1H3. The molecule has 3 nitrogen and oxygen atoms in total. The summed E-state index contributed by atoms with van der Waals surface area (Å²) in [6.45, 7) is 5.56. The van der Waals surface area contributed by atoms with Crippen LogP contribution in [0.25, 0.3) is 0 Å². The first-order chi connectivity index (χ1) is 10.4. The van der Waals surface area contributed by atoms with E-state index in [2.05, 4.69) is 40.5 Å². The second kappa shape index (κ2) is 9.93. The number of nitrogens with zero attached hydrogens (tertiary/aromatic N) is 1. The topological polar surface area (TPSA) is 24.5 Å². The Kier molecular flexibility index (Phi) is 7.79. The van der Waals surface area contributed by atoms with Gasteiger partial charge in [0.05, 0.1) is 0 Å². The first kappa shape index (κ1) is 16.5. The van der Waals surface area contributed by atoms with E-state index in [1.165, 1.54) is 50.8 Å². The summed E-state index contributed by atoms with van der Waals surface area (Å²) in [6, 6.07) is 11.5. The molecule has 1 saturated heterocycles. The molecule has 3 heteroatoms. The Morgan fingerprint density at radius 1 is 1.19 bits per heavy atom. The summed E-state index contributed by atoms with van der Waals surface area (Å²) in [5.74, 6) is 0. The number of nitrogens with one attached hydrogen (secondary N) is 1. The molecule has 0 spiro atoms. The molecule has 1 heterocycles. The van der Waals surface area contributed by atoms with Crippen molar-refractivity contribution in [3.05, 3.63) is 35.9 Å². The normalized spacial score (nSPS) is 19.8. The molecule has 1 aromatic carbocycles. The first-order valence-electron chi connectivity index (χ1n) is 8.37. The smallest absolute Gasteiger partial charge is 0.0462 e. The van der Waals surface area contributed by atoms with Gasteiger partial charge in [0, 0.05) is 32.8 Å². The van der Waals surface area contributed by atoms with Crippen molar-refractivity contribution in [1.29, 1.82) is 0 Å². The Balaban J connectivity index is 1.62. The zero-order chi connectivity index (χ0) is 14.8. The number of hydrogen-bond acceptors (Lipinski definition) is 3. The van der Waals surface area contributed by atoms with Crippen molar-refractivity contribution in [2.75, 3.05) is 33.4 Å². The third kappa shape index (κ3) is 6.60. The van der Waals surface area contributed by atoms with Crippen LogP contribution in [0.2, 0.25) is 0 Å². The fraction of sp³-hybridized carbons (Fsp3) is 0.667. The van der Waals surface area contributed by atoms with E-state index in [1.54, 1.807) is 7.11 Å². The van der Waals surface area contributed by atoms with Crippen molar-refractivity contribution in [2.45, 2.75) is 44.7 Å². The van der Waals surface area contributed by atoms with Gasteiger partial charge >= 0.3 is 0 Å². The molecule has 1 unspecified atom stereocenters. The number of likely N-dealkylation sites (tertiary alicyclic amines) is 1. The van der Waals surface area contributed by atoms with Gasteiger partial charge in [-0.25, -0.2) is 0 Å². The molecule has 118 valence electrons. The second-order valence-corrected chi connectivity index (χ2v) is 6.07. The molecule has 1 aromatic rings. The molecule has 0 aromatic heterocycles. The highest BCUT2D eigenvalue weighted by atomic mass is 16.5. The van der Waals surface area contributed by atoms with Gasteiger partial charge in [-0.05, 0) is 50.8 Å². The van der Waals surface area contributed by atoms with E-state index in [-0.39, 0.29) is 0 Å². The summed E-state index contributed by atoms with van der Waals surface area (Å²) in [6.07, 6.45) is 6.35. The van der Waals surface area contributed by atoms with Crippen LogP contribution >= 0.6 is 0 Å². The lowest BCUT2D eigenvalue weighted by atomic mass is 10.0. The average molecular weight is 290 g/mol. The van der Waals surface area contributed by atoms with E-state index in [9.17, 15) is 0 Å². The number of ether oxygens (including phenoxy) is 1. The van der Waals surface area contributed by atoms with Crippen LogP contribution in [0.4, 0.5) is 0 Å². The van der Waals surface area contributed by atoms with Gasteiger partial charge < -0.3 is 10.1 Å². The van der Waals surface area contributed by atoms with Gasteiger partial charge in [0.1, 0.15) is 0 Å². The molecule has 1 atom stereocenters. The predicted molar refractivity (Wildman–Crippen MR) is 88.5 cm³/mol. The van der Waals surface area contributed by atoms with E-state index in [0.29, 0.717) is 6.04 Å². The maximum absolute atomic E-state index is 5.08. The minimum Gasteiger partial charge on any atom is -0.385 e. The van der Waals surface area contributed by atoms with E-state index in [4.69, 9.17) is 4.74 Å². The van der Waals surface area contributed by atoms with Crippen molar-refractivity contribution in [3.8, 4) is 0 Å². The van der Waals surface area contributed by atoms with Crippen molar-refractivity contribution in [1.82, 2.24) is 10.2 Å². The summed E-state index contributed by atoms with van der Waals surface area (Å²) in [4.78, 5) is 2.58. The van der Waals surface area contributed by atoms with Gasteiger partial charge in [-0.2, -0.15) is 0 Å². The van der Waals surface area contributed by atoms with Crippen molar-refractivity contribution < 1.29 is 4.74 Å². The lowest BCUT2D eigenvalue weighted by molar-refractivity contribution is 0.180. The summed E-state index contributed by atoms with van der Waals surface area (Å²) < 4.78 is 5.08. The lowest BCUT2D eigenvalue weighted by Gasteiger charge is -2.33. The van der Waals surface area contributed by atoms with Crippen LogP contribution in [0.3, 0.4) is 0 Å². The van der Waals surface area contributed by atoms with Gasteiger partial charge in [0.25, 0.3) is 0 Å². The minimum absolute atomic E-state index is 0.671. The number of benzene rings is 1. The Hall–Kier alpha value is -0.900. The Labute approximate surface area is 129 Å². The number of hydrogen-bond donors (Lipinski definition) is 1. The van der Waals surface area contributed by atoms with Crippen molar-refractivity contribution in [3.63, 3.8) is 0 Å². The van der Waals surface area contributed by atoms with Crippen LogP contribution in [0.15, 0.2) is 30.3 Å². The van der Waals surface area contributed by atoms with Crippen LogP contribution in [0, 0.1) is 0 Å². The lowest BCUT2D eigenvalue weighted by Crippen LogP contribution is -2.45. The maximum Gasteiger partial charge on any atom is 0.0462 e. The molecule has 0 amide bonds. The molecule has 21 heavy (non-hydrogen) atoms. The second-order valence-electron chi connectivity index (χ2n) is 6.07. The van der Waals surface area contributed by atoms with Gasteiger partial charge in [-0.1, -0.05) is 30.3 Å². The first-order valence-corrected chi connectivity index (χ1v) is 8.37. The van der Waals surface area contributed by atoms with Gasteiger partial charge in [0.2, 0.25) is 0 Å². The summed E-state index contributed by atoms with van der Waals surface area (Å²) in [7, 11) is 1.78. The van der Waals surface area contributed by atoms with Crippen LogP contribution in [0.5, 0.6) is 0 Å². The molecular formula is C18H30N2O. The van der Waals surface area contributed by atoms with Gasteiger partial charge in [-0.3, -0.25) is 4.90 Å². The highest BCUT2D eigenvalue weighted by molar-refractivity contribution is 5.14. The molecule has 1 fully saturated rings. The Morgan fingerprint density at radius 2 is 2.05 bits per heavy atom. The van der Waals surface area contributed by atoms with Crippen molar-refractivity contribution in [2.24, 2.45) is 0 Å². The molecule has 1 aliphatic heterocycles. The fourth-order valence-corrected chi connectivity index (χ4v) is 3.06. The molecular weight excluding hydrogens is 260 g/mol. The van der Waals surface area contributed by atoms with E-state index in [1.807, 2.05) is 0 Å². The molecule has 0 aliphatic carbocycles. The zero-order valence-corrected chi connectivity index (χ0v) is 13.4. The van der Waals surface area contributed by atoms with Gasteiger partial charge in [-0.15, -0.1) is 0 Å². The Bertz CT molecular complexity index is 369. The number of methoxy groups -OCH3 is 1. The van der Waals surface area contributed by atoms with E-state index >= 15 is 0 Å². The maximum atomic E-state index is 5.08. The molecule has 0 radical (unpaired) electrons. The average Bonchev–Trinajstić information content (AvgIpc) is 2.52. The van der Waals surface area contributed by atoms with Gasteiger partial charge in [0.15, 0.2) is 0 Å². The van der Waals surface area contributed by atoms with Crippen LogP contribution in [-0.4, -0.2) is 44.3 Å². The predicted octanol–water partition coefficient (Wildman–Crippen LogP) is 3.06. The van der Waals surface area contributed by atoms with Crippen LogP contribution in [-0.2, 0) is 11.3 Å². The Morgan fingerprint density at radius 3 is 2.86 bits per heavy atom. The molecule has 2 rings (SSSR count). The van der Waals surface area contributed by atoms with E-state index in [0.717, 1.165) is 19.7 Å². The molecule has 1 N–H and O–H groups in total. The number of rotatable bonds is 9. The molecule has 1 aliphatic rings. The molecule has 0 saturated carbocycles. The third-order valence-corrected chi connectivity index (χ3v) is 4.21. The fourth-order valence-electron chi connectivity index (χ4n) is 3.06. The van der Waals surface area contributed by atoms with Crippen LogP contribution in [0.1, 0.15) is 37.7 Å². The highest BCUT2D eigenvalue weighted by Crippen LogP contribution is 2.13. The SMILES string of the molecule is COCCCCCNC1CCCN(Cc2ccccc2)C1. The van der Waals surface area contributed by atoms with Crippen LogP contribution < -0.4 is 5.32 Å². The quantitative estimate of drug-likeness (QED) is 0.707. The summed E-state index contributed by atoms with van der Waals surface area (Å²) >= 11 is 0. The largest absolute Gasteiger partial charge is 0.385 e. The van der Waals surface area contributed by atoms with E-state index < -0.39 is 0 Å². The minimum atomic E-state index is 0.671.